The Morgan fingerprint density at radius 1 is 0.795 bits per heavy atom. The number of hydrogen-bond donors (Lipinski definition) is 6. The summed E-state index contributed by atoms with van der Waals surface area (Å²) < 4.78 is 34.8. The molecule has 13 heteroatoms. The molecular formula is C31H28O13. The molecule has 1 aliphatic heterocycles. The predicted octanol–water partition coefficient (Wildman–Crippen LogP) is 2.48. The van der Waals surface area contributed by atoms with E-state index in [0.717, 1.165) is 0 Å². The van der Waals surface area contributed by atoms with Gasteiger partial charge in [-0.1, -0.05) is 0 Å². The summed E-state index contributed by atoms with van der Waals surface area (Å²) in [5.74, 6) is -0.0484. The van der Waals surface area contributed by atoms with Crippen molar-refractivity contribution in [2.45, 2.75) is 30.7 Å². The van der Waals surface area contributed by atoms with Crippen molar-refractivity contribution in [1.29, 1.82) is 0 Å². The van der Waals surface area contributed by atoms with Crippen LogP contribution in [0.4, 0.5) is 0 Å². The molecule has 3 heterocycles. The third-order valence-corrected chi connectivity index (χ3v) is 7.44. The van der Waals surface area contributed by atoms with Gasteiger partial charge in [0.15, 0.2) is 28.4 Å². The molecule has 0 radical (unpaired) electrons. The minimum Gasteiger partial charge on any atom is -0.508 e. The second kappa shape index (κ2) is 11.4. The Bertz CT molecular complexity index is 1860. The van der Waals surface area contributed by atoms with Crippen LogP contribution in [0.15, 0.2) is 68.2 Å². The minimum absolute atomic E-state index is 0.0176. The normalized spacial score (nSPS) is 21.9. The van der Waals surface area contributed by atoms with E-state index in [0.29, 0.717) is 16.3 Å². The summed E-state index contributed by atoms with van der Waals surface area (Å²) in [4.78, 5) is 12.7. The third-order valence-electron chi connectivity index (χ3n) is 7.44. The van der Waals surface area contributed by atoms with Gasteiger partial charge < -0.3 is 58.4 Å². The van der Waals surface area contributed by atoms with E-state index in [1.54, 1.807) is 18.2 Å². The molecule has 5 aromatic rings. The summed E-state index contributed by atoms with van der Waals surface area (Å²) in [6.07, 6.45) is -8.02. The van der Waals surface area contributed by atoms with Gasteiger partial charge in [0, 0.05) is 28.6 Å². The molecule has 230 valence electrons. The van der Waals surface area contributed by atoms with Gasteiger partial charge in [-0.2, -0.15) is 0 Å². The monoisotopic (exact) mass is 608 g/mol. The van der Waals surface area contributed by atoms with Crippen molar-refractivity contribution in [2.75, 3.05) is 20.8 Å². The largest absolute Gasteiger partial charge is 0.508 e. The molecule has 0 spiro atoms. The Hall–Kier alpha value is -4.79. The van der Waals surface area contributed by atoms with E-state index in [9.17, 15) is 35.4 Å². The molecule has 13 nitrogen and oxygen atoms in total. The Morgan fingerprint density at radius 2 is 1.43 bits per heavy atom. The molecule has 44 heavy (non-hydrogen) atoms. The average Bonchev–Trinajstić information content (AvgIpc) is 3.02. The van der Waals surface area contributed by atoms with Crippen LogP contribution in [0, 0.1) is 0 Å². The van der Waals surface area contributed by atoms with Gasteiger partial charge in [-0.25, -0.2) is 0 Å². The molecule has 0 aliphatic carbocycles. The van der Waals surface area contributed by atoms with Crippen LogP contribution in [0.3, 0.4) is 0 Å². The Morgan fingerprint density at radius 3 is 2.05 bits per heavy atom. The van der Waals surface area contributed by atoms with Crippen LogP contribution in [0.1, 0.15) is 0 Å². The van der Waals surface area contributed by atoms with Crippen molar-refractivity contribution in [3.63, 3.8) is 0 Å². The van der Waals surface area contributed by atoms with E-state index in [2.05, 4.69) is 0 Å². The van der Waals surface area contributed by atoms with Gasteiger partial charge in [0.1, 0.15) is 47.1 Å². The number of methoxy groups -OCH3 is 2. The van der Waals surface area contributed by atoms with E-state index >= 15 is 0 Å². The number of phenolic OH excluding ortho intramolecular Hbond substituents is 2. The van der Waals surface area contributed by atoms with Crippen molar-refractivity contribution in [3.8, 4) is 51.4 Å². The Labute approximate surface area is 248 Å². The first-order chi connectivity index (χ1) is 21.1. The summed E-state index contributed by atoms with van der Waals surface area (Å²) in [5.41, 5.74) is 0.585. The van der Waals surface area contributed by atoms with Gasteiger partial charge in [0.25, 0.3) is 0 Å². The zero-order valence-corrected chi connectivity index (χ0v) is 23.3. The fraction of sp³-hybridized carbons (Fsp3) is 0.258. The zero-order valence-electron chi connectivity index (χ0n) is 23.3. The highest BCUT2D eigenvalue weighted by molar-refractivity contribution is 6.10. The number of aromatic hydroxyl groups is 2. The van der Waals surface area contributed by atoms with E-state index < -0.39 is 42.7 Å². The van der Waals surface area contributed by atoms with Gasteiger partial charge >= 0.3 is 0 Å². The van der Waals surface area contributed by atoms with Gasteiger partial charge in [-0.3, -0.25) is 4.79 Å². The quantitative estimate of drug-likeness (QED) is 0.157. The highest BCUT2D eigenvalue weighted by Gasteiger charge is 2.45. The summed E-state index contributed by atoms with van der Waals surface area (Å²) in [6, 6.07) is 13.1. The summed E-state index contributed by atoms with van der Waals surface area (Å²) in [5, 5.41) is 62.3. The van der Waals surface area contributed by atoms with Crippen LogP contribution in [-0.4, -0.2) is 82.2 Å². The molecule has 5 atom stereocenters. The molecule has 3 aromatic carbocycles. The van der Waals surface area contributed by atoms with E-state index in [4.69, 9.17) is 27.8 Å². The van der Waals surface area contributed by atoms with Crippen LogP contribution in [0.5, 0.6) is 28.7 Å². The first-order valence-electron chi connectivity index (χ1n) is 13.4. The van der Waals surface area contributed by atoms with Crippen molar-refractivity contribution in [2.24, 2.45) is 0 Å². The maximum atomic E-state index is 12.7. The standard InChI is InChI=1S/C31H28O13/c1-39-21-7-14(8-22(40-2)25(21)35)29-30(44-31-28(38)27(37)26(36)23(12-32)43-31)17-11-18(13-3-5-15(33)6-4-13)41-19-9-16(34)10-20(42-29)24(17)19/h3-11,23,26-28,31-33,35-38H,12H2,1-2H3/t23-,26-,27+,28-,31+/m1/s1. The van der Waals surface area contributed by atoms with Crippen molar-refractivity contribution in [3.05, 3.63) is 64.8 Å². The highest BCUT2D eigenvalue weighted by atomic mass is 16.7. The third kappa shape index (κ3) is 4.96. The lowest BCUT2D eigenvalue weighted by Crippen LogP contribution is -2.60. The van der Waals surface area contributed by atoms with Crippen molar-refractivity contribution >= 4 is 21.9 Å². The van der Waals surface area contributed by atoms with Crippen LogP contribution >= 0.6 is 0 Å². The summed E-state index contributed by atoms with van der Waals surface area (Å²) >= 11 is 0. The number of benzene rings is 3. The van der Waals surface area contributed by atoms with Crippen LogP contribution < -0.4 is 19.6 Å². The lowest BCUT2D eigenvalue weighted by molar-refractivity contribution is -0.277. The Balaban J connectivity index is 1.67. The summed E-state index contributed by atoms with van der Waals surface area (Å²) in [6.45, 7) is -0.686. The van der Waals surface area contributed by atoms with Gasteiger partial charge in [-0.15, -0.1) is 0 Å². The van der Waals surface area contributed by atoms with E-state index in [-0.39, 0.29) is 57.0 Å². The maximum absolute atomic E-state index is 12.7. The lowest BCUT2D eigenvalue weighted by atomic mass is 9.99. The number of aliphatic hydroxyl groups is 4. The molecule has 2 aromatic heterocycles. The first kappa shape index (κ1) is 29.3. The van der Waals surface area contributed by atoms with Crippen molar-refractivity contribution < 1.29 is 58.4 Å². The average molecular weight is 609 g/mol. The lowest BCUT2D eigenvalue weighted by Gasteiger charge is -2.39. The number of ether oxygens (including phenoxy) is 4. The molecule has 0 unspecified atom stereocenters. The van der Waals surface area contributed by atoms with Gasteiger partial charge in [-0.05, 0) is 42.5 Å². The molecule has 6 rings (SSSR count). The van der Waals surface area contributed by atoms with E-state index in [1.165, 1.54) is 50.6 Å². The van der Waals surface area contributed by atoms with Crippen LogP contribution in [0.2, 0.25) is 0 Å². The fourth-order valence-electron chi connectivity index (χ4n) is 5.18. The number of phenols is 2. The number of rotatable bonds is 7. The maximum Gasteiger partial charge on any atom is 0.229 e. The van der Waals surface area contributed by atoms with Crippen LogP contribution in [0.25, 0.3) is 44.6 Å². The van der Waals surface area contributed by atoms with Gasteiger partial charge in [0.2, 0.25) is 12.0 Å². The van der Waals surface area contributed by atoms with E-state index in [1.807, 2.05) is 0 Å². The molecule has 6 N–H and O–H groups in total. The molecule has 1 fully saturated rings. The molecule has 1 aliphatic rings. The van der Waals surface area contributed by atoms with Crippen molar-refractivity contribution in [1.82, 2.24) is 0 Å². The predicted molar refractivity (Wildman–Crippen MR) is 154 cm³/mol. The molecule has 0 bridgehead atoms. The second-order valence-corrected chi connectivity index (χ2v) is 10.2. The molecule has 1 saturated heterocycles. The second-order valence-electron chi connectivity index (χ2n) is 10.2. The SMILES string of the molecule is COc1cc(-c2oc3cc(=O)cc4oc(-c5ccc(O)cc5)cc(c2O[C@@H]2O[C@H](CO)[C@@H](O)[C@H](O)[C@H]2O)c43)cc(OC)c1O. The van der Waals surface area contributed by atoms with Crippen LogP contribution in [-0.2, 0) is 4.74 Å². The zero-order chi connectivity index (χ0) is 31.3. The molecular weight excluding hydrogens is 580 g/mol. The fourth-order valence-corrected chi connectivity index (χ4v) is 5.18. The number of aliphatic hydroxyl groups excluding tert-OH is 4. The number of hydrogen-bond acceptors (Lipinski definition) is 13. The summed E-state index contributed by atoms with van der Waals surface area (Å²) in [7, 11) is 2.68. The first-order valence-corrected chi connectivity index (χ1v) is 13.4. The molecule has 0 amide bonds. The highest BCUT2D eigenvalue weighted by Crippen LogP contribution is 2.48. The minimum atomic E-state index is -1.77. The topological polar surface area (TPSA) is 202 Å². The smallest absolute Gasteiger partial charge is 0.229 e. The van der Waals surface area contributed by atoms with Gasteiger partial charge in [0.05, 0.1) is 26.2 Å². The molecule has 0 saturated carbocycles. The Kier molecular flexibility index (Phi) is 7.57.